The van der Waals surface area contributed by atoms with E-state index in [4.69, 9.17) is 0 Å². The van der Waals surface area contributed by atoms with Crippen molar-refractivity contribution in [1.29, 1.82) is 0 Å². The van der Waals surface area contributed by atoms with Crippen molar-refractivity contribution in [1.82, 2.24) is 4.72 Å². The number of nitrogens with one attached hydrogen (secondary N) is 2. The lowest BCUT2D eigenvalue weighted by Gasteiger charge is -2.21. The van der Waals surface area contributed by atoms with Crippen LogP contribution in [0, 0.1) is 5.92 Å². The summed E-state index contributed by atoms with van der Waals surface area (Å²) in [7, 11) is -3.71. The lowest BCUT2D eigenvalue weighted by Crippen LogP contribution is -2.46. The fourth-order valence-corrected chi connectivity index (χ4v) is 4.68. The van der Waals surface area contributed by atoms with Crippen LogP contribution in [-0.4, -0.2) is 20.4 Å². The van der Waals surface area contributed by atoms with Crippen LogP contribution < -0.4 is 10.0 Å². The van der Waals surface area contributed by atoms with E-state index in [0.29, 0.717) is 11.6 Å². The Hall–Kier alpha value is -1.70. The van der Waals surface area contributed by atoms with Gasteiger partial charge in [0.05, 0.1) is 0 Å². The van der Waals surface area contributed by atoms with Crippen molar-refractivity contribution in [3.63, 3.8) is 0 Å². The van der Waals surface area contributed by atoms with Crippen molar-refractivity contribution in [3.8, 4) is 0 Å². The number of rotatable bonds is 7. The minimum atomic E-state index is -3.71. The van der Waals surface area contributed by atoms with Gasteiger partial charge in [-0.05, 0) is 41.0 Å². The summed E-state index contributed by atoms with van der Waals surface area (Å²) in [6.45, 7) is 7.78. The lowest BCUT2D eigenvalue weighted by molar-refractivity contribution is -0.118. The highest BCUT2D eigenvalue weighted by molar-refractivity contribution is 7.91. The number of amides is 1. The number of hydrogen-bond acceptors (Lipinski definition) is 4. The molecule has 2 N–H and O–H groups in total. The number of sulfonamides is 1. The van der Waals surface area contributed by atoms with Gasteiger partial charge >= 0.3 is 0 Å². The second-order valence-electron chi connectivity index (χ2n) is 6.54. The Kier molecular flexibility index (Phi) is 6.37. The maximum absolute atomic E-state index is 12.6. The summed E-state index contributed by atoms with van der Waals surface area (Å²) in [5.74, 6) is -0.214. The second-order valence-corrected chi connectivity index (χ2v) is 9.43. The number of carbonyl (C=O) groups is 1. The molecule has 0 bridgehead atoms. The first kappa shape index (κ1) is 19.6. The van der Waals surface area contributed by atoms with E-state index in [9.17, 15) is 13.2 Å². The highest BCUT2D eigenvalue weighted by Gasteiger charge is 2.29. The van der Waals surface area contributed by atoms with Crippen molar-refractivity contribution < 1.29 is 13.2 Å². The van der Waals surface area contributed by atoms with Gasteiger partial charge in [-0.1, -0.05) is 45.9 Å². The molecule has 0 radical (unpaired) electrons. The SMILES string of the molecule is CC(C)c1cccc(NC(=O)[C@H](NS(=O)(=O)c2cccs2)C(C)C)c1. The molecule has 1 aromatic heterocycles. The van der Waals surface area contributed by atoms with Gasteiger partial charge in [0, 0.05) is 5.69 Å². The first-order chi connectivity index (χ1) is 11.7. The molecule has 0 saturated carbocycles. The van der Waals surface area contributed by atoms with E-state index in [1.165, 1.54) is 6.07 Å². The van der Waals surface area contributed by atoms with Gasteiger partial charge < -0.3 is 5.32 Å². The van der Waals surface area contributed by atoms with E-state index >= 15 is 0 Å². The van der Waals surface area contributed by atoms with Crippen LogP contribution in [0.25, 0.3) is 0 Å². The van der Waals surface area contributed by atoms with E-state index in [2.05, 4.69) is 23.9 Å². The van der Waals surface area contributed by atoms with E-state index in [1.807, 2.05) is 32.0 Å². The van der Waals surface area contributed by atoms with Crippen molar-refractivity contribution in [2.24, 2.45) is 5.92 Å². The van der Waals surface area contributed by atoms with Gasteiger partial charge in [-0.25, -0.2) is 8.42 Å². The van der Waals surface area contributed by atoms with Gasteiger partial charge in [-0.2, -0.15) is 4.72 Å². The van der Waals surface area contributed by atoms with Gasteiger partial charge in [-0.15, -0.1) is 11.3 Å². The Balaban J connectivity index is 2.17. The number of thiophene rings is 1. The average Bonchev–Trinajstić information content (AvgIpc) is 3.08. The zero-order chi connectivity index (χ0) is 18.6. The smallest absolute Gasteiger partial charge is 0.250 e. The molecule has 2 aromatic rings. The largest absolute Gasteiger partial charge is 0.325 e. The summed E-state index contributed by atoms with van der Waals surface area (Å²) in [6, 6.07) is 9.93. The molecule has 0 aliphatic heterocycles. The van der Waals surface area contributed by atoms with Gasteiger partial charge in [0.1, 0.15) is 10.3 Å². The monoisotopic (exact) mass is 380 g/mol. The summed E-state index contributed by atoms with van der Waals surface area (Å²) >= 11 is 1.12. The van der Waals surface area contributed by atoms with Crippen molar-refractivity contribution in [3.05, 3.63) is 47.3 Å². The maximum atomic E-state index is 12.6. The molecule has 0 saturated heterocycles. The fraction of sp³-hybridized carbons (Fsp3) is 0.389. The number of hydrogen-bond donors (Lipinski definition) is 2. The molecule has 1 amide bonds. The van der Waals surface area contributed by atoms with Crippen LogP contribution in [0.4, 0.5) is 5.69 Å². The van der Waals surface area contributed by atoms with Crippen LogP contribution in [0.1, 0.15) is 39.2 Å². The fourth-order valence-electron chi connectivity index (χ4n) is 2.33. The third-order valence-electron chi connectivity index (χ3n) is 3.81. The van der Waals surface area contributed by atoms with Crippen LogP contribution in [0.3, 0.4) is 0 Å². The van der Waals surface area contributed by atoms with Gasteiger partial charge in [0.2, 0.25) is 5.91 Å². The molecule has 1 atom stereocenters. The molecule has 0 aliphatic rings. The Labute approximate surface area is 153 Å². The van der Waals surface area contributed by atoms with Gasteiger partial charge in [-0.3, -0.25) is 4.79 Å². The van der Waals surface area contributed by atoms with E-state index in [0.717, 1.165) is 16.9 Å². The number of anilines is 1. The molecule has 25 heavy (non-hydrogen) atoms. The topological polar surface area (TPSA) is 75.3 Å². The molecule has 1 aromatic carbocycles. The third kappa shape index (κ3) is 5.14. The van der Waals surface area contributed by atoms with Crippen LogP contribution in [0.5, 0.6) is 0 Å². The molecular weight excluding hydrogens is 356 g/mol. The standard InChI is InChI=1S/C18H24N2O3S2/c1-12(2)14-7-5-8-15(11-14)19-18(21)17(13(3)4)20-25(22,23)16-9-6-10-24-16/h5-13,17,20H,1-4H3,(H,19,21)/t17-/m1/s1. The molecule has 0 aliphatic carbocycles. The van der Waals surface area contributed by atoms with E-state index < -0.39 is 16.1 Å². The normalized spacial score (nSPS) is 13.2. The highest BCUT2D eigenvalue weighted by Crippen LogP contribution is 2.20. The Morgan fingerprint density at radius 2 is 1.80 bits per heavy atom. The summed E-state index contributed by atoms with van der Waals surface area (Å²) in [5.41, 5.74) is 1.77. The van der Waals surface area contributed by atoms with Crippen molar-refractivity contribution in [2.75, 3.05) is 5.32 Å². The van der Waals surface area contributed by atoms with E-state index in [-0.39, 0.29) is 16.0 Å². The summed E-state index contributed by atoms with van der Waals surface area (Å²) in [6.07, 6.45) is 0. The molecule has 0 unspecified atom stereocenters. The first-order valence-corrected chi connectivity index (χ1v) is 10.5. The predicted molar refractivity (Wildman–Crippen MR) is 102 cm³/mol. The van der Waals surface area contributed by atoms with Gasteiger partial charge in [0.15, 0.2) is 0 Å². The Morgan fingerprint density at radius 1 is 1.08 bits per heavy atom. The average molecular weight is 381 g/mol. The molecule has 7 heteroatoms. The zero-order valence-electron chi connectivity index (χ0n) is 14.8. The Morgan fingerprint density at radius 3 is 2.36 bits per heavy atom. The number of benzene rings is 1. The van der Waals surface area contributed by atoms with Crippen LogP contribution in [0.15, 0.2) is 46.0 Å². The summed E-state index contributed by atoms with van der Waals surface area (Å²) in [5, 5.41) is 4.51. The summed E-state index contributed by atoms with van der Waals surface area (Å²) < 4.78 is 27.6. The minimum Gasteiger partial charge on any atom is -0.325 e. The molecule has 0 fully saturated rings. The molecule has 136 valence electrons. The quantitative estimate of drug-likeness (QED) is 0.767. The first-order valence-electron chi connectivity index (χ1n) is 8.17. The zero-order valence-corrected chi connectivity index (χ0v) is 16.4. The minimum absolute atomic E-state index is 0.192. The van der Waals surface area contributed by atoms with Crippen LogP contribution >= 0.6 is 11.3 Å². The highest BCUT2D eigenvalue weighted by atomic mass is 32.2. The molecule has 2 rings (SSSR count). The lowest BCUT2D eigenvalue weighted by atomic mass is 10.0. The summed E-state index contributed by atoms with van der Waals surface area (Å²) in [4.78, 5) is 12.6. The number of carbonyl (C=O) groups excluding carboxylic acids is 1. The van der Waals surface area contributed by atoms with Crippen LogP contribution in [0.2, 0.25) is 0 Å². The van der Waals surface area contributed by atoms with Crippen molar-refractivity contribution in [2.45, 2.75) is 43.9 Å². The molecule has 5 nitrogen and oxygen atoms in total. The molecule has 1 heterocycles. The Bertz CT molecular complexity index is 813. The molecular formula is C18H24N2O3S2. The third-order valence-corrected chi connectivity index (χ3v) is 6.65. The second kappa shape index (κ2) is 8.12. The predicted octanol–water partition coefficient (Wildman–Crippen LogP) is 3.81. The van der Waals surface area contributed by atoms with E-state index in [1.54, 1.807) is 17.5 Å². The van der Waals surface area contributed by atoms with Crippen molar-refractivity contribution >= 4 is 33.0 Å². The molecule has 0 spiro atoms. The maximum Gasteiger partial charge on any atom is 0.250 e. The van der Waals surface area contributed by atoms with Gasteiger partial charge in [0.25, 0.3) is 10.0 Å². The van der Waals surface area contributed by atoms with Crippen LogP contribution in [-0.2, 0) is 14.8 Å².